The average molecular weight is 206 g/mol. The fourth-order valence-corrected chi connectivity index (χ4v) is 0.586. The Kier molecular flexibility index (Phi) is 32.0. The molecule has 14 heavy (non-hydrogen) atoms. The molecule has 0 radical (unpaired) electrons. The molecule has 0 aliphatic carbocycles. The van der Waals surface area contributed by atoms with Crippen molar-refractivity contribution in [1.29, 1.82) is 0 Å². The van der Waals surface area contributed by atoms with Crippen LogP contribution >= 0.6 is 0 Å². The van der Waals surface area contributed by atoms with Crippen LogP contribution in [0.3, 0.4) is 0 Å². The Bertz CT molecular complexity index is 66.3. The van der Waals surface area contributed by atoms with Crippen LogP contribution in [-0.2, 0) is 0 Å². The van der Waals surface area contributed by atoms with Crippen LogP contribution in [-0.4, -0.2) is 50.8 Å². The molecule has 0 heterocycles. The van der Waals surface area contributed by atoms with Crippen molar-refractivity contribution in [1.82, 2.24) is 10.2 Å². The van der Waals surface area contributed by atoms with E-state index >= 15 is 0 Å². The van der Waals surface area contributed by atoms with Crippen molar-refractivity contribution in [3.05, 3.63) is 0 Å². The number of aliphatic hydroxyl groups is 1. The first kappa shape index (κ1) is 19.5. The Labute approximate surface area is 90.5 Å². The third-order valence-corrected chi connectivity index (χ3v) is 1.32. The molecule has 0 saturated carbocycles. The van der Waals surface area contributed by atoms with Gasteiger partial charge < -0.3 is 15.3 Å². The van der Waals surface area contributed by atoms with Crippen LogP contribution in [0.15, 0.2) is 0 Å². The molecular weight excluding hydrogens is 176 g/mol. The zero-order valence-corrected chi connectivity index (χ0v) is 10.9. The number of unbranched alkanes of at least 4 members (excludes halogenated alkanes) is 1. The van der Waals surface area contributed by atoms with E-state index < -0.39 is 0 Å². The van der Waals surface area contributed by atoms with Crippen LogP contribution in [0.1, 0.15) is 33.6 Å². The Balaban J connectivity index is -0.000000152. The molecular formula is C11H30N2O. The quantitative estimate of drug-likeness (QED) is 0.717. The second kappa shape index (κ2) is 23.1. The van der Waals surface area contributed by atoms with Crippen molar-refractivity contribution in [3.8, 4) is 0 Å². The Morgan fingerprint density at radius 2 is 1.71 bits per heavy atom. The Hall–Kier alpha value is -0.120. The number of rotatable bonds is 5. The van der Waals surface area contributed by atoms with Gasteiger partial charge in [-0.05, 0) is 34.1 Å². The average Bonchev–Trinajstić information content (AvgIpc) is 2.20. The highest BCUT2D eigenvalue weighted by atomic mass is 16.3. The fraction of sp³-hybridized carbons (Fsp3) is 1.00. The Morgan fingerprint density at radius 1 is 1.21 bits per heavy atom. The highest BCUT2D eigenvalue weighted by Crippen LogP contribution is 1.86. The maximum atomic E-state index is 8.00. The monoisotopic (exact) mass is 206 g/mol. The minimum Gasteiger partial charge on any atom is -0.395 e. The zero-order chi connectivity index (χ0) is 11.8. The van der Waals surface area contributed by atoms with E-state index in [0.717, 1.165) is 0 Å². The van der Waals surface area contributed by atoms with Gasteiger partial charge in [0, 0.05) is 6.54 Å². The lowest BCUT2D eigenvalue weighted by Crippen LogP contribution is -2.12. The molecule has 0 aromatic heterocycles. The van der Waals surface area contributed by atoms with Crippen LogP contribution in [0.4, 0.5) is 0 Å². The van der Waals surface area contributed by atoms with E-state index in [1.54, 1.807) is 7.05 Å². The summed E-state index contributed by atoms with van der Waals surface area (Å²) in [5, 5.41) is 10.8. The molecule has 0 aliphatic rings. The van der Waals surface area contributed by atoms with Gasteiger partial charge in [0.15, 0.2) is 0 Å². The van der Waals surface area contributed by atoms with E-state index in [2.05, 4.69) is 31.2 Å². The third kappa shape index (κ3) is 40.7. The molecule has 0 aromatic rings. The van der Waals surface area contributed by atoms with Crippen molar-refractivity contribution >= 4 is 0 Å². The maximum Gasteiger partial charge on any atom is 0.0555 e. The summed E-state index contributed by atoms with van der Waals surface area (Å²) in [6.07, 6.45) is 2.63. The molecule has 0 bridgehead atoms. The third-order valence-electron chi connectivity index (χ3n) is 1.32. The van der Waals surface area contributed by atoms with Crippen molar-refractivity contribution in [2.45, 2.75) is 33.6 Å². The normalized spacial score (nSPS) is 8.57. The van der Waals surface area contributed by atoms with E-state index in [4.69, 9.17) is 5.11 Å². The molecule has 2 N–H and O–H groups in total. The number of hydrogen-bond acceptors (Lipinski definition) is 3. The fourth-order valence-electron chi connectivity index (χ4n) is 0.586. The van der Waals surface area contributed by atoms with Gasteiger partial charge in [-0.25, -0.2) is 0 Å². The van der Waals surface area contributed by atoms with Crippen molar-refractivity contribution in [3.63, 3.8) is 0 Å². The lowest BCUT2D eigenvalue weighted by Gasteiger charge is -2.05. The van der Waals surface area contributed by atoms with Crippen molar-refractivity contribution in [2.75, 3.05) is 40.8 Å². The topological polar surface area (TPSA) is 35.5 Å². The smallest absolute Gasteiger partial charge is 0.0555 e. The summed E-state index contributed by atoms with van der Waals surface area (Å²) in [4.78, 5) is 2.21. The minimum atomic E-state index is 0.233. The molecule has 0 saturated heterocycles. The largest absolute Gasteiger partial charge is 0.395 e. The van der Waals surface area contributed by atoms with Gasteiger partial charge in [0.25, 0.3) is 0 Å². The van der Waals surface area contributed by atoms with Crippen LogP contribution in [0.2, 0.25) is 0 Å². The van der Waals surface area contributed by atoms with Crippen molar-refractivity contribution in [2.24, 2.45) is 0 Å². The van der Waals surface area contributed by atoms with Crippen LogP contribution in [0, 0.1) is 0 Å². The summed E-state index contributed by atoms with van der Waals surface area (Å²) in [6, 6.07) is 0. The van der Waals surface area contributed by atoms with E-state index in [-0.39, 0.29) is 6.61 Å². The first-order valence-corrected chi connectivity index (χ1v) is 5.59. The summed E-state index contributed by atoms with van der Waals surface area (Å²) in [5.74, 6) is 0. The summed E-state index contributed by atoms with van der Waals surface area (Å²) in [7, 11) is 6.02. The molecule has 0 fully saturated rings. The lowest BCUT2D eigenvalue weighted by molar-refractivity contribution is 0.296. The molecule has 0 rings (SSSR count). The second-order valence-corrected chi connectivity index (χ2v) is 2.98. The zero-order valence-electron chi connectivity index (χ0n) is 10.9. The van der Waals surface area contributed by atoms with Gasteiger partial charge in [0.1, 0.15) is 0 Å². The maximum absolute atomic E-state index is 8.00. The summed E-state index contributed by atoms with van der Waals surface area (Å²) < 4.78 is 0. The minimum absolute atomic E-state index is 0.233. The summed E-state index contributed by atoms with van der Waals surface area (Å²) >= 11 is 0. The number of likely N-dealkylation sites (N-methyl/N-ethyl adjacent to an activating group) is 1. The van der Waals surface area contributed by atoms with E-state index in [9.17, 15) is 0 Å². The number of aliphatic hydroxyl groups excluding tert-OH is 1. The number of hydrogen-bond donors (Lipinski definition) is 2. The van der Waals surface area contributed by atoms with Crippen LogP contribution in [0.25, 0.3) is 0 Å². The highest BCUT2D eigenvalue weighted by Gasteiger charge is 1.83. The van der Waals surface area contributed by atoms with Gasteiger partial charge in [-0.2, -0.15) is 0 Å². The van der Waals surface area contributed by atoms with Gasteiger partial charge in [-0.15, -0.1) is 0 Å². The predicted molar refractivity (Wildman–Crippen MR) is 65.8 cm³/mol. The molecule has 0 spiro atoms. The summed E-state index contributed by atoms with van der Waals surface area (Å²) in [5.41, 5.74) is 0. The van der Waals surface area contributed by atoms with E-state index in [1.165, 1.54) is 19.4 Å². The van der Waals surface area contributed by atoms with E-state index in [0.29, 0.717) is 6.54 Å². The first-order valence-electron chi connectivity index (χ1n) is 5.59. The van der Waals surface area contributed by atoms with Crippen LogP contribution < -0.4 is 5.32 Å². The molecule has 0 atom stereocenters. The molecule has 3 nitrogen and oxygen atoms in total. The lowest BCUT2D eigenvalue weighted by atomic mass is 10.3. The number of nitrogens with one attached hydrogen (secondary N) is 1. The number of nitrogens with zero attached hydrogens (tertiary/aromatic N) is 1. The highest BCUT2D eigenvalue weighted by molar-refractivity contribution is 4.39. The standard InChI is InChI=1S/C6H15N.C3H9NO.C2H6/c1-4-5-6-7(2)3;1-4-2-3-5;1-2/h4-6H2,1-3H3;4-5H,2-3H2,1H3;1-2H3. The van der Waals surface area contributed by atoms with Crippen LogP contribution in [0.5, 0.6) is 0 Å². The van der Waals surface area contributed by atoms with Gasteiger partial charge >= 0.3 is 0 Å². The van der Waals surface area contributed by atoms with Gasteiger partial charge in [-0.1, -0.05) is 27.2 Å². The first-order chi connectivity index (χ1) is 6.68. The SMILES string of the molecule is CC.CCCCN(C)C.CNCCO. The molecule has 3 heteroatoms. The molecule has 0 aliphatic heterocycles. The van der Waals surface area contributed by atoms with Crippen molar-refractivity contribution < 1.29 is 5.11 Å². The molecule has 0 unspecified atom stereocenters. The van der Waals surface area contributed by atoms with Gasteiger partial charge in [-0.3, -0.25) is 0 Å². The molecule has 0 aromatic carbocycles. The van der Waals surface area contributed by atoms with E-state index in [1.807, 2.05) is 13.8 Å². The predicted octanol–water partition coefficient (Wildman–Crippen LogP) is 1.57. The molecule has 90 valence electrons. The summed E-state index contributed by atoms with van der Waals surface area (Å²) in [6.45, 7) is 8.37. The van der Waals surface area contributed by atoms with Gasteiger partial charge in [0.2, 0.25) is 0 Å². The van der Waals surface area contributed by atoms with Gasteiger partial charge in [0.05, 0.1) is 6.61 Å². The second-order valence-electron chi connectivity index (χ2n) is 2.98. The molecule has 0 amide bonds. The Morgan fingerprint density at radius 3 is 1.79 bits per heavy atom.